The Morgan fingerprint density at radius 1 is 0.962 bits per heavy atom. The average molecular weight is 372 g/mol. The first-order valence-electron chi connectivity index (χ1n) is 8.57. The van der Waals surface area contributed by atoms with E-state index in [4.69, 9.17) is 4.74 Å². The van der Waals surface area contributed by atoms with Gasteiger partial charge in [0.2, 0.25) is 5.12 Å². The second kappa shape index (κ2) is 9.43. The first-order valence-corrected chi connectivity index (χ1v) is 9.56. The maximum Gasteiger partial charge on any atom is 0.408 e. The van der Waals surface area contributed by atoms with Gasteiger partial charge in [0.1, 0.15) is 11.6 Å². The van der Waals surface area contributed by atoms with Crippen LogP contribution in [0.1, 0.15) is 31.9 Å². The van der Waals surface area contributed by atoms with Gasteiger partial charge in [-0.3, -0.25) is 4.79 Å². The lowest BCUT2D eigenvalue weighted by Crippen LogP contribution is -2.43. The molecule has 4 nitrogen and oxygen atoms in total. The Balaban J connectivity index is 2.03. The predicted octanol–water partition coefficient (Wildman–Crippen LogP) is 4.58. The highest BCUT2D eigenvalue weighted by molar-refractivity contribution is 8.13. The first kappa shape index (κ1) is 20.0. The fraction of sp³-hybridized carbons (Fsp3) is 0.333. The Labute approximate surface area is 159 Å². The molecule has 26 heavy (non-hydrogen) atoms. The molecular formula is C21H25NO3S. The van der Waals surface area contributed by atoms with Crippen molar-refractivity contribution in [2.24, 2.45) is 0 Å². The third kappa shape index (κ3) is 7.31. The Morgan fingerprint density at radius 2 is 1.50 bits per heavy atom. The smallest absolute Gasteiger partial charge is 0.408 e. The van der Waals surface area contributed by atoms with E-state index in [2.05, 4.69) is 5.32 Å². The van der Waals surface area contributed by atoms with Gasteiger partial charge in [0.25, 0.3) is 0 Å². The minimum atomic E-state index is -0.638. The molecule has 2 aromatic rings. The second-order valence-electron chi connectivity index (χ2n) is 6.98. The number of carbonyl (C=O) groups excluding carboxylic acids is 2. The highest BCUT2D eigenvalue weighted by Crippen LogP contribution is 2.17. The molecule has 0 heterocycles. The zero-order valence-electron chi connectivity index (χ0n) is 15.4. The van der Waals surface area contributed by atoms with E-state index in [1.165, 1.54) is 11.8 Å². The number of thioether (sulfide) groups is 1. The largest absolute Gasteiger partial charge is 0.444 e. The summed E-state index contributed by atoms with van der Waals surface area (Å²) in [6.07, 6.45) is -0.146. The van der Waals surface area contributed by atoms with Crippen molar-refractivity contribution in [2.45, 2.75) is 44.6 Å². The van der Waals surface area contributed by atoms with Crippen molar-refractivity contribution >= 4 is 23.0 Å². The molecule has 0 fully saturated rings. The van der Waals surface area contributed by atoms with Crippen molar-refractivity contribution in [1.82, 2.24) is 5.32 Å². The zero-order chi connectivity index (χ0) is 19.0. The van der Waals surface area contributed by atoms with Gasteiger partial charge in [-0.05, 0) is 31.9 Å². The van der Waals surface area contributed by atoms with Crippen LogP contribution in [0.5, 0.6) is 0 Å². The van der Waals surface area contributed by atoms with Crippen LogP contribution in [0.2, 0.25) is 0 Å². The molecule has 0 radical (unpaired) electrons. The molecule has 0 aliphatic carbocycles. The fourth-order valence-electron chi connectivity index (χ4n) is 2.32. The molecule has 0 aliphatic rings. The molecule has 0 aliphatic heterocycles. The van der Waals surface area contributed by atoms with Crippen molar-refractivity contribution in [3.05, 3.63) is 71.8 Å². The molecule has 0 spiro atoms. The van der Waals surface area contributed by atoms with Crippen LogP contribution in [0, 0.1) is 0 Å². The minimum absolute atomic E-state index is 0.0800. The van der Waals surface area contributed by atoms with Gasteiger partial charge in [-0.1, -0.05) is 72.4 Å². The Kier molecular flexibility index (Phi) is 7.27. The van der Waals surface area contributed by atoms with Gasteiger partial charge in [0.15, 0.2) is 0 Å². The van der Waals surface area contributed by atoms with Crippen LogP contribution in [0.15, 0.2) is 60.7 Å². The van der Waals surface area contributed by atoms with E-state index in [1.807, 2.05) is 60.7 Å². The summed E-state index contributed by atoms with van der Waals surface area (Å²) in [4.78, 5) is 24.9. The summed E-state index contributed by atoms with van der Waals surface area (Å²) in [5.74, 6) is 0.570. The molecule has 1 atom stereocenters. The molecule has 1 unspecified atom stereocenters. The molecule has 138 valence electrons. The highest BCUT2D eigenvalue weighted by Gasteiger charge is 2.25. The molecule has 2 aromatic carbocycles. The summed E-state index contributed by atoms with van der Waals surface area (Å²) in [7, 11) is 0. The zero-order valence-corrected chi connectivity index (χ0v) is 16.2. The number of nitrogens with one attached hydrogen (secondary N) is 1. The molecule has 0 saturated heterocycles. The molecule has 0 saturated carbocycles. The highest BCUT2D eigenvalue weighted by atomic mass is 32.2. The van der Waals surface area contributed by atoms with Crippen molar-refractivity contribution in [3.8, 4) is 0 Å². The van der Waals surface area contributed by atoms with E-state index in [9.17, 15) is 9.59 Å². The van der Waals surface area contributed by atoms with Crippen LogP contribution in [-0.2, 0) is 21.7 Å². The number of amides is 1. The third-order valence-corrected chi connectivity index (χ3v) is 4.53. The molecule has 2 rings (SSSR count). The Hall–Kier alpha value is -2.27. The van der Waals surface area contributed by atoms with E-state index in [-0.39, 0.29) is 5.12 Å². The van der Waals surface area contributed by atoms with Crippen molar-refractivity contribution in [3.63, 3.8) is 0 Å². The van der Waals surface area contributed by atoms with Gasteiger partial charge in [-0.15, -0.1) is 0 Å². The average Bonchev–Trinajstić information content (AvgIpc) is 2.59. The van der Waals surface area contributed by atoms with Gasteiger partial charge >= 0.3 is 6.09 Å². The molecule has 5 heteroatoms. The number of alkyl carbamates (subject to hydrolysis) is 1. The quantitative estimate of drug-likeness (QED) is 0.807. The lowest BCUT2D eigenvalue weighted by molar-refractivity contribution is -0.112. The minimum Gasteiger partial charge on any atom is -0.444 e. The van der Waals surface area contributed by atoms with Crippen LogP contribution in [-0.4, -0.2) is 22.9 Å². The van der Waals surface area contributed by atoms with Gasteiger partial charge in [0.05, 0.1) is 0 Å². The molecule has 0 aromatic heterocycles. The predicted molar refractivity (Wildman–Crippen MR) is 106 cm³/mol. The van der Waals surface area contributed by atoms with E-state index < -0.39 is 17.7 Å². The number of benzene rings is 2. The lowest BCUT2D eigenvalue weighted by Gasteiger charge is -2.23. The van der Waals surface area contributed by atoms with Crippen LogP contribution >= 0.6 is 11.8 Å². The third-order valence-electron chi connectivity index (χ3n) is 3.48. The number of hydrogen-bond acceptors (Lipinski definition) is 4. The normalized spacial score (nSPS) is 12.3. The fourth-order valence-corrected chi connectivity index (χ4v) is 3.17. The standard InChI is InChI=1S/C21H25NO3S/c1-21(2,3)25-20(24)22-18(14-16-10-6-4-7-11-16)19(23)26-15-17-12-8-5-9-13-17/h4-13,18H,14-15H2,1-3H3,(H,22,24). The molecular weight excluding hydrogens is 346 g/mol. The van der Waals surface area contributed by atoms with Gasteiger partial charge in [-0.2, -0.15) is 0 Å². The topological polar surface area (TPSA) is 55.4 Å². The van der Waals surface area contributed by atoms with Gasteiger partial charge < -0.3 is 10.1 Å². The summed E-state index contributed by atoms with van der Waals surface area (Å²) in [6, 6.07) is 18.8. The monoisotopic (exact) mass is 371 g/mol. The summed E-state index contributed by atoms with van der Waals surface area (Å²) < 4.78 is 5.31. The van der Waals surface area contributed by atoms with Crippen LogP contribution < -0.4 is 5.32 Å². The number of rotatable bonds is 6. The number of hydrogen-bond donors (Lipinski definition) is 1. The van der Waals surface area contributed by atoms with Crippen molar-refractivity contribution in [1.29, 1.82) is 0 Å². The Bertz CT molecular complexity index is 711. The maximum absolute atomic E-state index is 12.7. The van der Waals surface area contributed by atoms with Gasteiger partial charge in [-0.25, -0.2) is 4.79 Å². The van der Waals surface area contributed by atoms with Crippen LogP contribution in [0.3, 0.4) is 0 Å². The van der Waals surface area contributed by atoms with E-state index >= 15 is 0 Å². The number of ether oxygens (including phenoxy) is 1. The van der Waals surface area contributed by atoms with Crippen LogP contribution in [0.25, 0.3) is 0 Å². The second-order valence-corrected chi connectivity index (χ2v) is 7.96. The number of carbonyl (C=O) groups is 2. The van der Waals surface area contributed by atoms with Gasteiger partial charge in [0, 0.05) is 12.2 Å². The first-order chi connectivity index (χ1) is 12.3. The summed E-state index contributed by atoms with van der Waals surface area (Å²) in [6.45, 7) is 5.39. The SMILES string of the molecule is CC(C)(C)OC(=O)NC(Cc1ccccc1)C(=O)SCc1ccccc1. The Morgan fingerprint density at radius 3 is 2.04 bits per heavy atom. The van der Waals surface area contributed by atoms with Crippen molar-refractivity contribution in [2.75, 3.05) is 0 Å². The molecule has 1 amide bonds. The summed E-state index contributed by atoms with van der Waals surface area (Å²) >= 11 is 1.21. The van der Waals surface area contributed by atoms with E-state index in [0.29, 0.717) is 12.2 Å². The van der Waals surface area contributed by atoms with Crippen LogP contribution in [0.4, 0.5) is 4.79 Å². The maximum atomic E-state index is 12.7. The molecule has 0 bridgehead atoms. The van der Waals surface area contributed by atoms with Crippen molar-refractivity contribution < 1.29 is 14.3 Å². The summed E-state index contributed by atoms with van der Waals surface area (Å²) in [5, 5.41) is 2.65. The lowest BCUT2D eigenvalue weighted by atomic mass is 10.1. The van der Waals surface area contributed by atoms with E-state index in [0.717, 1.165) is 11.1 Å². The summed E-state index contributed by atoms with van der Waals surface area (Å²) in [5.41, 5.74) is 1.45. The van der Waals surface area contributed by atoms with E-state index in [1.54, 1.807) is 20.8 Å². The molecule has 1 N–H and O–H groups in total.